The van der Waals surface area contributed by atoms with Crippen molar-refractivity contribution in [3.8, 4) is 11.5 Å². The molecule has 154 valence electrons. The highest BCUT2D eigenvalue weighted by Crippen LogP contribution is 2.29. The Labute approximate surface area is 176 Å². The highest BCUT2D eigenvalue weighted by Gasteiger charge is 2.22. The van der Waals surface area contributed by atoms with Gasteiger partial charge in [0.05, 0.1) is 5.02 Å². The molecule has 2 aromatic carbocycles. The van der Waals surface area contributed by atoms with Crippen molar-refractivity contribution in [2.75, 3.05) is 0 Å². The van der Waals surface area contributed by atoms with Gasteiger partial charge in [0.15, 0.2) is 0 Å². The second-order valence-electron chi connectivity index (χ2n) is 7.53. The van der Waals surface area contributed by atoms with Crippen LogP contribution in [0, 0.1) is 5.92 Å². The number of benzene rings is 2. The first-order valence-corrected chi connectivity index (χ1v) is 10.4. The minimum atomic E-state index is -1.03. The Morgan fingerprint density at radius 2 is 1.79 bits per heavy atom. The SMILES string of the molecule is O=C(CCC1CCCC1)NC(Cc1ccc(Oc2ccccc2Cl)cc1)C(=O)O. The van der Waals surface area contributed by atoms with E-state index in [1.807, 2.05) is 12.1 Å². The van der Waals surface area contributed by atoms with Crippen molar-refractivity contribution in [2.24, 2.45) is 5.92 Å². The van der Waals surface area contributed by atoms with Crippen molar-refractivity contribution in [3.05, 3.63) is 59.1 Å². The van der Waals surface area contributed by atoms with Crippen molar-refractivity contribution < 1.29 is 19.4 Å². The van der Waals surface area contributed by atoms with Crippen LogP contribution in [0.3, 0.4) is 0 Å². The Morgan fingerprint density at radius 3 is 2.45 bits per heavy atom. The second-order valence-corrected chi connectivity index (χ2v) is 7.94. The first kappa shape index (κ1) is 21.2. The molecule has 1 saturated carbocycles. The van der Waals surface area contributed by atoms with E-state index in [2.05, 4.69) is 5.32 Å². The van der Waals surface area contributed by atoms with E-state index in [9.17, 15) is 14.7 Å². The number of amides is 1. The number of nitrogens with one attached hydrogen (secondary N) is 1. The van der Waals surface area contributed by atoms with Gasteiger partial charge < -0.3 is 15.2 Å². The lowest BCUT2D eigenvalue weighted by atomic mass is 10.0. The van der Waals surface area contributed by atoms with Crippen molar-refractivity contribution in [1.82, 2.24) is 5.32 Å². The van der Waals surface area contributed by atoms with Gasteiger partial charge in [-0.05, 0) is 42.2 Å². The molecule has 0 aromatic heterocycles. The molecule has 2 N–H and O–H groups in total. The van der Waals surface area contributed by atoms with E-state index in [-0.39, 0.29) is 12.3 Å². The zero-order valence-electron chi connectivity index (χ0n) is 16.3. The summed E-state index contributed by atoms with van der Waals surface area (Å²) in [5.41, 5.74) is 0.806. The summed E-state index contributed by atoms with van der Waals surface area (Å²) in [5, 5.41) is 12.7. The summed E-state index contributed by atoms with van der Waals surface area (Å²) in [6, 6.07) is 13.4. The van der Waals surface area contributed by atoms with Crippen molar-refractivity contribution in [3.63, 3.8) is 0 Å². The molecule has 1 atom stereocenters. The van der Waals surface area contributed by atoms with Gasteiger partial charge in [-0.25, -0.2) is 4.79 Å². The van der Waals surface area contributed by atoms with E-state index in [0.29, 0.717) is 28.9 Å². The lowest BCUT2D eigenvalue weighted by Crippen LogP contribution is -2.42. The number of carboxylic acid groups (broad SMARTS) is 1. The van der Waals surface area contributed by atoms with Gasteiger partial charge in [-0.2, -0.15) is 0 Å². The molecular formula is C23H26ClNO4. The first-order valence-electron chi connectivity index (χ1n) is 10.0. The molecule has 1 amide bonds. The fraction of sp³-hybridized carbons (Fsp3) is 0.391. The molecule has 3 rings (SSSR count). The van der Waals surface area contributed by atoms with Crippen molar-refractivity contribution in [1.29, 1.82) is 0 Å². The van der Waals surface area contributed by atoms with Crippen LogP contribution < -0.4 is 10.1 Å². The number of halogens is 1. The Hall–Kier alpha value is -2.53. The lowest BCUT2D eigenvalue weighted by molar-refractivity contribution is -0.141. The molecule has 0 heterocycles. The molecule has 1 aliphatic carbocycles. The number of carbonyl (C=O) groups is 2. The minimum absolute atomic E-state index is 0.192. The maximum atomic E-state index is 12.2. The summed E-state index contributed by atoms with van der Waals surface area (Å²) in [6.07, 6.45) is 6.28. The number of ether oxygens (including phenoxy) is 1. The predicted molar refractivity (Wildman–Crippen MR) is 112 cm³/mol. The smallest absolute Gasteiger partial charge is 0.326 e. The topological polar surface area (TPSA) is 75.6 Å². The Balaban J connectivity index is 1.53. The lowest BCUT2D eigenvalue weighted by Gasteiger charge is -2.16. The van der Waals surface area contributed by atoms with Crippen LogP contribution in [-0.2, 0) is 16.0 Å². The second kappa shape index (κ2) is 10.3. The summed E-state index contributed by atoms with van der Waals surface area (Å²) in [5.74, 6) is 0.544. The van der Waals surface area contributed by atoms with Crippen LogP contribution in [0.2, 0.25) is 5.02 Å². The third-order valence-corrected chi connectivity index (χ3v) is 5.63. The van der Waals surface area contributed by atoms with Gasteiger partial charge in [0.25, 0.3) is 0 Å². The predicted octanol–water partition coefficient (Wildman–Crippen LogP) is 5.21. The average Bonchev–Trinajstić information content (AvgIpc) is 3.23. The van der Waals surface area contributed by atoms with Crippen molar-refractivity contribution in [2.45, 2.75) is 51.0 Å². The Morgan fingerprint density at radius 1 is 1.10 bits per heavy atom. The van der Waals surface area contributed by atoms with Crippen LogP contribution >= 0.6 is 11.6 Å². The molecule has 29 heavy (non-hydrogen) atoms. The Bertz CT molecular complexity index is 831. The molecule has 1 aliphatic rings. The number of rotatable bonds is 9. The van der Waals surface area contributed by atoms with Gasteiger partial charge in [-0.15, -0.1) is 0 Å². The minimum Gasteiger partial charge on any atom is -0.480 e. The largest absolute Gasteiger partial charge is 0.480 e. The van der Waals surface area contributed by atoms with Crippen molar-refractivity contribution >= 4 is 23.5 Å². The van der Waals surface area contributed by atoms with E-state index in [4.69, 9.17) is 16.3 Å². The average molecular weight is 416 g/mol. The van der Waals surface area contributed by atoms with E-state index < -0.39 is 12.0 Å². The molecular weight excluding hydrogens is 390 g/mol. The summed E-state index contributed by atoms with van der Waals surface area (Å²) in [7, 11) is 0. The number of para-hydroxylation sites is 1. The molecule has 0 radical (unpaired) electrons. The van der Waals surface area contributed by atoms with Crippen LogP contribution in [-0.4, -0.2) is 23.0 Å². The molecule has 1 fully saturated rings. The maximum Gasteiger partial charge on any atom is 0.326 e. The highest BCUT2D eigenvalue weighted by molar-refractivity contribution is 6.32. The third-order valence-electron chi connectivity index (χ3n) is 5.32. The first-order chi connectivity index (χ1) is 14.0. The maximum absolute atomic E-state index is 12.2. The van der Waals surface area contributed by atoms with Crippen LogP contribution in [0.4, 0.5) is 0 Å². The van der Waals surface area contributed by atoms with Gasteiger partial charge >= 0.3 is 5.97 Å². The van der Waals surface area contributed by atoms with Gasteiger partial charge in [-0.1, -0.05) is 61.5 Å². The number of carbonyl (C=O) groups excluding carboxylic acids is 1. The van der Waals surface area contributed by atoms with E-state index in [0.717, 1.165) is 12.0 Å². The molecule has 6 heteroatoms. The van der Waals surface area contributed by atoms with Crippen LogP contribution in [0.15, 0.2) is 48.5 Å². The number of carboxylic acids is 1. The van der Waals surface area contributed by atoms with E-state index in [1.54, 1.807) is 36.4 Å². The number of hydrogen-bond acceptors (Lipinski definition) is 3. The Kier molecular flexibility index (Phi) is 7.53. The highest BCUT2D eigenvalue weighted by atomic mass is 35.5. The molecule has 5 nitrogen and oxygen atoms in total. The van der Waals surface area contributed by atoms with Gasteiger partial charge in [0.2, 0.25) is 5.91 Å². The number of hydrogen-bond donors (Lipinski definition) is 2. The monoisotopic (exact) mass is 415 g/mol. The molecule has 0 bridgehead atoms. The molecule has 2 aromatic rings. The van der Waals surface area contributed by atoms with Crippen LogP contribution in [0.25, 0.3) is 0 Å². The summed E-state index contributed by atoms with van der Waals surface area (Å²) < 4.78 is 5.74. The molecule has 0 saturated heterocycles. The third kappa shape index (κ3) is 6.50. The summed E-state index contributed by atoms with van der Waals surface area (Å²) in [4.78, 5) is 23.8. The van der Waals surface area contributed by atoms with E-state index >= 15 is 0 Å². The standard InChI is InChI=1S/C23H26ClNO4/c24-19-7-3-4-8-21(19)29-18-12-9-17(10-13-18)15-20(23(27)28)25-22(26)14-11-16-5-1-2-6-16/h3-4,7-10,12-13,16,20H,1-2,5-6,11,14-15H2,(H,25,26)(H,27,28). The fourth-order valence-electron chi connectivity index (χ4n) is 3.68. The molecule has 0 spiro atoms. The van der Waals surface area contributed by atoms with E-state index in [1.165, 1.54) is 25.7 Å². The zero-order valence-corrected chi connectivity index (χ0v) is 17.0. The van der Waals surface area contributed by atoms with Crippen LogP contribution in [0.1, 0.15) is 44.1 Å². The summed E-state index contributed by atoms with van der Waals surface area (Å²) in [6.45, 7) is 0. The quantitative estimate of drug-likeness (QED) is 0.589. The van der Waals surface area contributed by atoms with Crippen LogP contribution in [0.5, 0.6) is 11.5 Å². The zero-order chi connectivity index (χ0) is 20.6. The van der Waals surface area contributed by atoms with Gasteiger partial charge in [0.1, 0.15) is 17.5 Å². The normalized spacial score (nSPS) is 15.1. The van der Waals surface area contributed by atoms with Gasteiger partial charge in [0, 0.05) is 12.8 Å². The molecule has 0 aliphatic heterocycles. The van der Waals surface area contributed by atoms with Gasteiger partial charge in [-0.3, -0.25) is 4.79 Å². The number of aliphatic carboxylic acids is 1. The summed E-state index contributed by atoms with van der Waals surface area (Å²) >= 11 is 6.09. The molecule has 1 unspecified atom stereocenters. The fourth-order valence-corrected chi connectivity index (χ4v) is 3.86.